The standard InChI is InChI=1S/C17H24N6/c1-11-8-14(6-7-15(11)17(9-18)23-21)12-2-4-13(5-3-12)16(19)10-22-20/h2-9,16,22-23H,10,18-21H2,1H3/b17-9-. The molecule has 0 bridgehead atoms. The van der Waals surface area contributed by atoms with E-state index >= 15 is 0 Å². The number of rotatable bonds is 6. The first kappa shape index (κ1) is 17.0. The van der Waals surface area contributed by atoms with E-state index < -0.39 is 0 Å². The maximum absolute atomic E-state index is 6.02. The summed E-state index contributed by atoms with van der Waals surface area (Å²) < 4.78 is 0. The van der Waals surface area contributed by atoms with E-state index in [1.54, 1.807) is 0 Å². The zero-order valence-corrected chi connectivity index (χ0v) is 13.2. The lowest BCUT2D eigenvalue weighted by Gasteiger charge is -2.13. The highest BCUT2D eigenvalue weighted by Gasteiger charge is 2.08. The van der Waals surface area contributed by atoms with Crippen LogP contribution in [-0.4, -0.2) is 6.54 Å². The lowest BCUT2D eigenvalue weighted by atomic mass is 9.97. The molecule has 122 valence electrons. The van der Waals surface area contributed by atoms with Gasteiger partial charge in [-0.05, 0) is 29.2 Å². The molecule has 6 nitrogen and oxygen atoms in total. The van der Waals surface area contributed by atoms with Crippen molar-refractivity contribution in [2.75, 3.05) is 6.54 Å². The number of hydrazine groups is 2. The van der Waals surface area contributed by atoms with Crippen molar-refractivity contribution in [2.45, 2.75) is 13.0 Å². The van der Waals surface area contributed by atoms with E-state index in [2.05, 4.69) is 29.1 Å². The zero-order valence-electron chi connectivity index (χ0n) is 13.2. The fraction of sp³-hybridized carbons (Fsp3) is 0.176. The van der Waals surface area contributed by atoms with Crippen LogP contribution in [0.15, 0.2) is 48.7 Å². The van der Waals surface area contributed by atoms with Crippen LogP contribution in [-0.2, 0) is 0 Å². The van der Waals surface area contributed by atoms with Gasteiger partial charge in [0, 0.05) is 24.4 Å². The molecule has 0 fully saturated rings. The molecular weight excluding hydrogens is 288 g/mol. The van der Waals surface area contributed by atoms with Crippen LogP contribution < -0.4 is 34.0 Å². The quantitative estimate of drug-likeness (QED) is 0.346. The lowest BCUT2D eigenvalue weighted by molar-refractivity contribution is 0.620. The molecular formula is C17H24N6. The summed E-state index contributed by atoms with van der Waals surface area (Å²) in [5.74, 6) is 10.8. The van der Waals surface area contributed by atoms with Crippen molar-refractivity contribution in [2.24, 2.45) is 23.2 Å². The molecule has 0 amide bonds. The SMILES string of the molecule is Cc1cc(-c2ccc(C(N)CNN)cc2)ccc1/C(=C/N)NN. The van der Waals surface area contributed by atoms with E-state index in [-0.39, 0.29) is 6.04 Å². The molecule has 0 aromatic heterocycles. The molecule has 23 heavy (non-hydrogen) atoms. The Morgan fingerprint density at radius 3 is 2.26 bits per heavy atom. The van der Waals surface area contributed by atoms with Gasteiger partial charge in [-0.3, -0.25) is 17.1 Å². The summed E-state index contributed by atoms with van der Waals surface area (Å²) in [6.45, 7) is 2.56. The molecule has 2 aromatic carbocycles. The second-order valence-electron chi connectivity index (χ2n) is 5.39. The largest absolute Gasteiger partial charge is 0.403 e. The number of aryl methyl sites for hydroxylation is 1. The number of hydrogen-bond donors (Lipinski definition) is 6. The van der Waals surface area contributed by atoms with E-state index in [9.17, 15) is 0 Å². The smallest absolute Gasteiger partial charge is 0.0716 e. The average molecular weight is 312 g/mol. The molecule has 2 aromatic rings. The monoisotopic (exact) mass is 312 g/mol. The molecule has 6 heteroatoms. The summed E-state index contributed by atoms with van der Waals surface area (Å²) in [4.78, 5) is 0. The first-order chi connectivity index (χ1) is 11.1. The summed E-state index contributed by atoms with van der Waals surface area (Å²) in [7, 11) is 0. The van der Waals surface area contributed by atoms with Crippen molar-refractivity contribution in [3.63, 3.8) is 0 Å². The minimum atomic E-state index is -0.119. The highest BCUT2D eigenvalue weighted by Crippen LogP contribution is 2.25. The van der Waals surface area contributed by atoms with Crippen molar-refractivity contribution < 1.29 is 0 Å². The molecule has 10 N–H and O–H groups in total. The topological polar surface area (TPSA) is 128 Å². The van der Waals surface area contributed by atoms with Gasteiger partial charge in [0.25, 0.3) is 0 Å². The predicted octanol–water partition coefficient (Wildman–Crippen LogP) is 0.846. The van der Waals surface area contributed by atoms with Gasteiger partial charge in [0.2, 0.25) is 0 Å². The van der Waals surface area contributed by atoms with Crippen LogP contribution in [0.1, 0.15) is 22.7 Å². The van der Waals surface area contributed by atoms with E-state index in [1.165, 1.54) is 6.20 Å². The van der Waals surface area contributed by atoms with Gasteiger partial charge in [-0.15, -0.1) is 0 Å². The Morgan fingerprint density at radius 2 is 1.74 bits per heavy atom. The van der Waals surface area contributed by atoms with Gasteiger partial charge in [-0.1, -0.05) is 42.5 Å². The molecule has 0 aliphatic rings. The second kappa shape index (κ2) is 7.75. The molecule has 0 saturated carbocycles. The van der Waals surface area contributed by atoms with Gasteiger partial charge in [0.05, 0.1) is 5.70 Å². The molecule has 0 radical (unpaired) electrons. The van der Waals surface area contributed by atoms with Crippen molar-refractivity contribution >= 4 is 5.70 Å². The van der Waals surface area contributed by atoms with Crippen LogP contribution in [0.4, 0.5) is 0 Å². The van der Waals surface area contributed by atoms with Crippen LogP contribution in [0.25, 0.3) is 16.8 Å². The van der Waals surface area contributed by atoms with Gasteiger partial charge >= 0.3 is 0 Å². The van der Waals surface area contributed by atoms with Crippen molar-refractivity contribution in [3.8, 4) is 11.1 Å². The average Bonchev–Trinajstić information content (AvgIpc) is 2.57. The summed E-state index contributed by atoms with van der Waals surface area (Å²) in [6, 6.07) is 14.2. The van der Waals surface area contributed by atoms with E-state index in [4.69, 9.17) is 23.2 Å². The van der Waals surface area contributed by atoms with E-state index in [1.807, 2.05) is 31.2 Å². The number of hydrogen-bond acceptors (Lipinski definition) is 6. The Labute approximate surface area is 136 Å². The molecule has 0 aliphatic carbocycles. The Bertz CT molecular complexity index is 678. The zero-order chi connectivity index (χ0) is 16.8. The van der Waals surface area contributed by atoms with E-state index in [0.29, 0.717) is 12.2 Å². The summed E-state index contributed by atoms with van der Waals surface area (Å²) in [6.07, 6.45) is 1.46. The van der Waals surface area contributed by atoms with Crippen molar-refractivity contribution in [1.82, 2.24) is 10.9 Å². The molecule has 1 atom stereocenters. The third-order valence-corrected chi connectivity index (χ3v) is 3.85. The van der Waals surface area contributed by atoms with E-state index in [0.717, 1.165) is 27.8 Å². The fourth-order valence-electron chi connectivity index (χ4n) is 2.53. The molecule has 0 saturated heterocycles. The normalized spacial score (nSPS) is 13.0. The Balaban J connectivity index is 2.27. The first-order valence-corrected chi connectivity index (χ1v) is 7.39. The lowest BCUT2D eigenvalue weighted by Crippen LogP contribution is -2.31. The van der Waals surface area contributed by atoms with Gasteiger partial charge in [0.15, 0.2) is 0 Å². The summed E-state index contributed by atoms with van der Waals surface area (Å²) >= 11 is 0. The molecule has 0 heterocycles. The first-order valence-electron chi connectivity index (χ1n) is 7.39. The Hall–Kier alpha value is -2.38. The maximum Gasteiger partial charge on any atom is 0.0716 e. The number of nitrogens with one attached hydrogen (secondary N) is 2. The van der Waals surface area contributed by atoms with Crippen LogP contribution in [0.2, 0.25) is 0 Å². The van der Waals surface area contributed by atoms with Crippen LogP contribution in [0, 0.1) is 6.92 Å². The van der Waals surface area contributed by atoms with Crippen LogP contribution in [0.3, 0.4) is 0 Å². The second-order valence-corrected chi connectivity index (χ2v) is 5.39. The highest BCUT2D eigenvalue weighted by atomic mass is 15.2. The third kappa shape index (κ3) is 3.88. The summed E-state index contributed by atoms with van der Waals surface area (Å²) in [5, 5.41) is 0. The Morgan fingerprint density at radius 1 is 1.09 bits per heavy atom. The number of benzene rings is 2. The van der Waals surface area contributed by atoms with Crippen molar-refractivity contribution in [3.05, 3.63) is 65.4 Å². The Kier molecular flexibility index (Phi) is 5.72. The van der Waals surface area contributed by atoms with Crippen LogP contribution >= 0.6 is 0 Å². The van der Waals surface area contributed by atoms with Gasteiger partial charge < -0.3 is 16.9 Å². The van der Waals surface area contributed by atoms with Gasteiger partial charge in [-0.2, -0.15) is 0 Å². The molecule has 0 aliphatic heterocycles. The molecule has 2 rings (SSSR count). The minimum absolute atomic E-state index is 0.119. The minimum Gasteiger partial charge on any atom is -0.403 e. The highest BCUT2D eigenvalue weighted by molar-refractivity contribution is 5.72. The van der Waals surface area contributed by atoms with Gasteiger partial charge in [0.1, 0.15) is 0 Å². The fourth-order valence-corrected chi connectivity index (χ4v) is 2.53. The maximum atomic E-state index is 6.02. The third-order valence-electron chi connectivity index (χ3n) is 3.85. The summed E-state index contributed by atoms with van der Waals surface area (Å²) in [5.41, 5.74) is 22.8. The predicted molar refractivity (Wildman–Crippen MR) is 95.2 cm³/mol. The van der Waals surface area contributed by atoms with Crippen LogP contribution in [0.5, 0.6) is 0 Å². The molecule has 0 spiro atoms. The van der Waals surface area contributed by atoms with Crippen molar-refractivity contribution in [1.29, 1.82) is 0 Å². The molecule has 1 unspecified atom stereocenters. The number of nitrogens with two attached hydrogens (primary N) is 4. The van der Waals surface area contributed by atoms with Gasteiger partial charge in [-0.25, -0.2) is 0 Å².